The first-order valence-electron chi connectivity index (χ1n) is 6.79. The third-order valence-corrected chi connectivity index (χ3v) is 5.81. The van der Waals surface area contributed by atoms with Gasteiger partial charge in [0.25, 0.3) is 0 Å². The van der Waals surface area contributed by atoms with Crippen molar-refractivity contribution in [2.45, 2.75) is 49.7 Å². The topological polar surface area (TPSA) is 83.5 Å². The molecule has 2 N–H and O–H groups in total. The predicted molar refractivity (Wildman–Crippen MR) is 79.8 cm³/mol. The summed E-state index contributed by atoms with van der Waals surface area (Å²) in [6.07, 6.45) is 6.54. The Morgan fingerprint density at radius 2 is 1.90 bits per heavy atom. The van der Waals surface area contributed by atoms with Gasteiger partial charge in [0.15, 0.2) is 0 Å². The van der Waals surface area contributed by atoms with Crippen LogP contribution >= 0.6 is 11.3 Å². The van der Waals surface area contributed by atoms with E-state index in [2.05, 4.69) is 11.6 Å². The van der Waals surface area contributed by atoms with Gasteiger partial charge < -0.3 is 5.11 Å². The Bertz CT molecular complexity index is 522. The maximum absolute atomic E-state index is 11.9. The minimum atomic E-state index is -3.57. The van der Waals surface area contributed by atoms with Crippen LogP contribution in [0.25, 0.3) is 0 Å². The number of hydrogen-bond donors (Lipinski definition) is 2. The molecule has 0 aliphatic rings. The van der Waals surface area contributed by atoms with E-state index in [0.717, 1.165) is 30.6 Å². The summed E-state index contributed by atoms with van der Waals surface area (Å²) in [6.45, 7) is 2.55. The van der Waals surface area contributed by atoms with Gasteiger partial charge in [-0.2, -0.15) is 0 Å². The summed E-state index contributed by atoms with van der Waals surface area (Å²) in [5, 5.41) is 10.1. The van der Waals surface area contributed by atoms with Gasteiger partial charge in [-0.3, -0.25) is 0 Å². The minimum Gasteiger partial charge on any atom is -0.478 e. The van der Waals surface area contributed by atoms with Gasteiger partial charge in [-0.05, 0) is 12.5 Å². The Morgan fingerprint density at radius 3 is 2.50 bits per heavy atom. The van der Waals surface area contributed by atoms with Crippen LogP contribution in [-0.4, -0.2) is 26.0 Å². The first-order valence-corrected chi connectivity index (χ1v) is 9.15. The quantitative estimate of drug-likeness (QED) is 0.649. The molecular weight excluding hydrogens is 298 g/mol. The molecule has 0 radical (unpaired) electrons. The lowest BCUT2D eigenvalue weighted by molar-refractivity contribution is 0.0697. The van der Waals surface area contributed by atoms with Crippen LogP contribution in [0.15, 0.2) is 15.7 Å². The summed E-state index contributed by atoms with van der Waals surface area (Å²) < 4.78 is 26.4. The molecule has 5 nitrogen and oxygen atoms in total. The Labute approximate surface area is 124 Å². The molecule has 0 amide bonds. The molecule has 0 fully saturated rings. The van der Waals surface area contributed by atoms with Crippen molar-refractivity contribution < 1.29 is 18.3 Å². The van der Waals surface area contributed by atoms with Crippen molar-refractivity contribution in [2.24, 2.45) is 0 Å². The molecule has 0 bridgehead atoms. The summed E-state index contributed by atoms with van der Waals surface area (Å²) in [6, 6.07) is 1.19. The van der Waals surface area contributed by atoms with Crippen molar-refractivity contribution in [1.29, 1.82) is 0 Å². The highest BCUT2D eigenvalue weighted by Crippen LogP contribution is 2.20. The highest BCUT2D eigenvalue weighted by atomic mass is 32.2. The average molecular weight is 319 g/mol. The van der Waals surface area contributed by atoms with Crippen molar-refractivity contribution in [2.75, 3.05) is 6.54 Å². The van der Waals surface area contributed by atoms with Crippen LogP contribution in [0.2, 0.25) is 0 Å². The van der Waals surface area contributed by atoms with Crippen LogP contribution in [0.3, 0.4) is 0 Å². The molecular formula is C13H21NO4S2. The van der Waals surface area contributed by atoms with E-state index < -0.39 is 16.0 Å². The second-order valence-corrected chi connectivity index (χ2v) is 7.53. The maximum Gasteiger partial charge on any atom is 0.336 e. The zero-order chi connectivity index (χ0) is 15.0. The zero-order valence-electron chi connectivity index (χ0n) is 11.6. The van der Waals surface area contributed by atoms with Crippen molar-refractivity contribution in [3.63, 3.8) is 0 Å². The summed E-state index contributed by atoms with van der Waals surface area (Å²) in [7, 11) is -3.57. The molecule has 20 heavy (non-hydrogen) atoms. The fourth-order valence-electron chi connectivity index (χ4n) is 1.75. The Morgan fingerprint density at radius 1 is 1.25 bits per heavy atom. The fourth-order valence-corrected chi connectivity index (χ4v) is 4.02. The highest BCUT2D eigenvalue weighted by molar-refractivity contribution is 7.91. The minimum absolute atomic E-state index is 0.00920. The van der Waals surface area contributed by atoms with Crippen molar-refractivity contribution >= 4 is 27.3 Å². The van der Waals surface area contributed by atoms with E-state index in [4.69, 9.17) is 5.11 Å². The molecule has 1 aromatic rings. The van der Waals surface area contributed by atoms with Crippen LogP contribution in [0.5, 0.6) is 0 Å². The van der Waals surface area contributed by atoms with Gasteiger partial charge >= 0.3 is 5.97 Å². The number of carbonyl (C=O) groups is 1. The summed E-state index contributed by atoms with van der Waals surface area (Å²) in [4.78, 5) is 10.7. The predicted octanol–water partition coefficient (Wildman–Crippen LogP) is 3.09. The van der Waals surface area contributed by atoms with Crippen molar-refractivity contribution in [3.8, 4) is 0 Å². The third kappa shape index (κ3) is 5.60. The lowest BCUT2D eigenvalue weighted by atomic mass is 10.1. The summed E-state index contributed by atoms with van der Waals surface area (Å²) in [5.41, 5.74) is 0.00920. The zero-order valence-corrected chi connectivity index (χ0v) is 13.2. The number of hydrogen-bond acceptors (Lipinski definition) is 4. The third-order valence-electron chi connectivity index (χ3n) is 2.91. The summed E-state index contributed by atoms with van der Waals surface area (Å²) >= 11 is 0.928. The number of sulfonamides is 1. The van der Waals surface area contributed by atoms with Crippen LogP contribution in [-0.2, 0) is 10.0 Å². The molecule has 0 aliphatic carbocycles. The van der Waals surface area contributed by atoms with Gasteiger partial charge in [0.1, 0.15) is 4.21 Å². The molecule has 1 aromatic heterocycles. The van der Waals surface area contributed by atoms with Gasteiger partial charge in [-0.25, -0.2) is 17.9 Å². The second-order valence-electron chi connectivity index (χ2n) is 4.63. The molecule has 0 saturated heterocycles. The average Bonchev–Trinajstić information content (AvgIpc) is 2.88. The standard InChI is InChI=1S/C13H21NO4S2/c1-2-3-4-5-6-7-8-14-20(17,18)12-9-11(10-19-12)13(15)16/h9-10,14H,2-8H2,1H3,(H,15,16). The SMILES string of the molecule is CCCCCCCCNS(=O)(=O)c1cc(C(=O)O)cs1. The van der Waals surface area contributed by atoms with E-state index in [1.165, 1.54) is 30.7 Å². The lowest BCUT2D eigenvalue weighted by Gasteiger charge is -2.04. The number of aromatic carboxylic acids is 1. The molecule has 0 aromatic carbocycles. The Kier molecular flexibility index (Phi) is 7.18. The largest absolute Gasteiger partial charge is 0.478 e. The number of rotatable bonds is 10. The molecule has 1 heterocycles. The first kappa shape index (κ1) is 17.1. The van der Waals surface area contributed by atoms with Crippen LogP contribution in [0, 0.1) is 0 Å². The Balaban J connectivity index is 2.36. The van der Waals surface area contributed by atoms with Crippen molar-refractivity contribution in [1.82, 2.24) is 4.72 Å². The number of unbranched alkanes of at least 4 members (excludes halogenated alkanes) is 5. The van der Waals surface area contributed by atoms with E-state index in [1.54, 1.807) is 0 Å². The fraction of sp³-hybridized carbons (Fsp3) is 0.615. The van der Waals surface area contributed by atoms with E-state index in [9.17, 15) is 13.2 Å². The van der Waals surface area contributed by atoms with Gasteiger partial charge in [0, 0.05) is 11.9 Å². The van der Waals surface area contributed by atoms with Gasteiger partial charge in [0.05, 0.1) is 5.56 Å². The van der Waals surface area contributed by atoms with Gasteiger partial charge in [-0.15, -0.1) is 11.3 Å². The van der Waals surface area contributed by atoms with Gasteiger partial charge in [-0.1, -0.05) is 39.0 Å². The number of nitrogens with one attached hydrogen (secondary N) is 1. The molecule has 0 atom stereocenters. The molecule has 114 valence electrons. The lowest BCUT2D eigenvalue weighted by Crippen LogP contribution is -2.24. The summed E-state index contributed by atoms with van der Waals surface area (Å²) in [5.74, 6) is -1.11. The number of thiophene rings is 1. The molecule has 0 saturated carbocycles. The van der Waals surface area contributed by atoms with E-state index >= 15 is 0 Å². The molecule has 1 rings (SSSR count). The van der Waals surface area contributed by atoms with E-state index in [0.29, 0.717) is 6.54 Å². The highest BCUT2D eigenvalue weighted by Gasteiger charge is 2.18. The molecule has 7 heteroatoms. The number of carboxylic acids is 1. The van der Waals surface area contributed by atoms with Crippen LogP contribution in [0.1, 0.15) is 55.8 Å². The van der Waals surface area contributed by atoms with Crippen molar-refractivity contribution in [3.05, 3.63) is 17.0 Å². The monoisotopic (exact) mass is 319 g/mol. The van der Waals surface area contributed by atoms with Gasteiger partial charge in [0.2, 0.25) is 10.0 Å². The normalized spacial score (nSPS) is 11.7. The number of carboxylic acid groups (broad SMARTS) is 1. The smallest absolute Gasteiger partial charge is 0.336 e. The maximum atomic E-state index is 11.9. The molecule has 0 unspecified atom stereocenters. The van der Waals surface area contributed by atoms with Crippen LogP contribution in [0.4, 0.5) is 0 Å². The Hall–Kier alpha value is -0.920. The van der Waals surface area contributed by atoms with Crippen LogP contribution < -0.4 is 4.72 Å². The van der Waals surface area contributed by atoms with E-state index in [1.807, 2.05) is 0 Å². The second kappa shape index (κ2) is 8.39. The first-order chi connectivity index (χ1) is 9.47. The molecule has 0 aliphatic heterocycles. The molecule has 0 spiro atoms. The van der Waals surface area contributed by atoms with E-state index in [-0.39, 0.29) is 9.77 Å².